The molecule has 1 aromatic carbocycles. The molecule has 0 radical (unpaired) electrons. The smallest absolute Gasteiger partial charge is 0.305 e. The van der Waals surface area contributed by atoms with Crippen LogP contribution in [-0.4, -0.2) is 32.7 Å². The molecule has 1 aromatic rings. The number of thiocarbonyl (C=S) groups is 1. The maximum atomic E-state index is 12.3. The third-order valence-corrected chi connectivity index (χ3v) is 4.88. The molecule has 0 spiro atoms. The van der Waals surface area contributed by atoms with E-state index < -0.39 is 5.97 Å². The molecule has 1 saturated heterocycles. The molecular formula is C17H19NO3S2. The van der Waals surface area contributed by atoms with E-state index in [4.69, 9.17) is 17.3 Å². The van der Waals surface area contributed by atoms with Gasteiger partial charge in [-0.2, -0.15) is 0 Å². The summed E-state index contributed by atoms with van der Waals surface area (Å²) in [6, 6.07) is 8.06. The molecule has 0 atom stereocenters. The highest BCUT2D eigenvalue weighted by Gasteiger charge is 2.32. The van der Waals surface area contributed by atoms with Crippen molar-refractivity contribution >= 4 is 46.3 Å². The lowest BCUT2D eigenvalue weighted by Crippen LogP contribution is -2.30. The molecule has 1 heterocycles. The summed E-state index contributed by atoms with van der Waals surface area (Å²) in [6.07, 6.45) is 1.69. The minimum atomic E-state index is -0.944. The number of hydrogen-bond donors (Lipinski definition) is 1. The number of thioether (sulfide) groups is 1. The Morgan fingerprint density at radius 2 is 1.91 bits per heavy atom. The van der Waals surface area contributed by atoms with E-state index in [1.807, 2.05) is 12.1 Å². The fraction of sp³-hybridized carbons (Fsp3) is 0.353. The van der Waals surface area contributed by atoms with Crippen LogP contribution in [0.15, 0.2) is 29.2 Å². The maximum Gasteiger partial charge on any atom is 0.305 e. The van der Waals surface area contributed by atoms with E-state index in [9.17, 15) is 9.59 Å². The highest BCUT2D eigenvalue weighted by atomic mass is 32.2. The predicted octanol–water partition coefficient (Wildman–Crippen LogP) is 3.66. The fourth-order valence-electron chi connectivity index (χ4n) is 2.13. The first-order chi connectivity index (χ1) is 10.7. The van der Waals surface area contributed by atoms with Crippen molar-refractivity contribution in [3.63, 3.8) is 0 Å². The van der Waals surface area contributed by atoms with Crippen molar-refractivity contribution in [3.05, 3.63) is 40.3 Å². The number of aliphatic carboxylic acids is 1. The van der Waals surface area contributed by atoms with Gasteiger partial charge in [-0.05, 0) is 22.6 Å². The van der Waals surface area contributed by atoms with Crippen LogP contribution in [0.1, 0.15) is 38.3 Å². The topological polar surface area (TPSA) is 57.6 Å². The molecular weight excluding hydrogens is 330 g/mol. The van der Waals surface area contributed by atoms with Gasteiger partial charge in [0, 0.05) is 6.54 Å². The van der Waals surface area contributed by atoms with Crippen molar-refractivity contribution in [2.75, 3.05) is 6.54 Å². The van der Waals surface area contributed by atoms with Gasteiger partial charge in [-0.1, -0.05) is 69.0 Å². The second-order valence-corrected chi connectivity index (χ2v) is 8.02. The van der Waals surface area contributed by atoms with Gasteiger partial charge in [0.15, 0.2) is 0 Å². The summed E-state index contributed by atoms with van der Waals surface area (Å²) < 4.78 is 0.411. The third-order valence-electron chi connectivity index (χ3n) is 3.50. The van der Waals surface area contributed by atoms with Gasteiger partial charge in [0.1, 0.15) is 4.32 Å². The number of amides is 1. The number of carboxylic acids is 1. The van der Waals surface area contributed by atoms with Gasteiger partial charge >= 0.3 is 5.97 Å². The van der Waals surface area contributed by atoms with Crippen LogP contribution in [0.25, 0.3) is 6.08 Å². The van der Waals surface area contributed by atoms with Crippen LogP contribution in [0.4, 0.5) is 0 Å². The Balaban J connectivity index is 2.15. The molecule has 23 heavy (non-hydrogen) atoms. The number of carbonyl (C=O) groups excluding carboxylic acids is 1. The summed E-state index contributed by atoms with van der Waals surface area (Å²) in [5, 5.41) is 8.74. The monoisotopic (exact) mass is 349 g/mol. The highest BCUT2D eigenvalue weighted by Crippen LogP contribution is 2.33. The van der Waals surface area contributed by atoms with Crippen LogP contribution in [0.5, 0.6) is 0 Å². The number of hydrogen-bond acceptors (Lipinski definition) is 4. The molecule has 1 aliphatic rings. The molecule has 0 saturated carbocycles. The van der Waals surface area contributed by atoms with Crippen molar-refractivity contribution in [3.8, 4) is 0 Å². The molecule has 122 valence electrons. The lowest BCUT2D eigenvalue weighted by molar-refractivity contribution is -0.137. The Morgan fingerprint density at radius 3 is 2.43 bits per heavy atom. The van der Waals surface area contributed by atoms with E-state index in [0.29, 0.717) is 9.23 Å². The van der Waals surface area contributed by atoms with Crippen molar-refractivity contribution in [1.29, 1.82) is 0 Å². The van der Waals surface area contributed by atoms with Gasteiger partial charge < -0.3 is 5.11 Å². The van der Waals surface area contributed by atoms with E-state index in [2.05, 4.69) is 32.9 Å². The fourth-order valence-corrected chi connectivity index (χ4v) is 3.44. The van der Waals surface area contributed by atoms with E-state index in [0.717, 1.165) is 5.56 Å². The summed E-state index contributed by atoms with van der Waals surface area (Å²) in [7, 11) is 0. The molecule has 0 bridgehead atoms. The Kier molecular flexibility index (Phi) is 5.26. The molecule has 0 aromatic heterocycles. The number of rotatable bonds is 4. The average Bonchev–Trinajstić information content (AvgIpc) is 2.71. The summed E-state index contributed by atoms with van der Waals surface area (Å²) in [4.78, 5) is 24.8. The van der Waals surface area contributed by atoms with E-state index in [-0.39, 0.29) is 24.3 Å². The van der Waals surface area contributed by atoms with Gasteiger partial charge in [-0.25, -0.2) is 0 Å². The van der Waals surface area contributed by atoms with Crippen LogP contribution in [0.2, 0.25) is 0 Å². The van der Waals surface area contributed by atoms with Gasteiger partial charge in [-0.15, -0.1) is 0 Å². The maximum absolute atomic E-state index is 12.3. The summed E-state index contributed by atoms with van der Waals surface area (Å²) in [5.41, 5.74) is 2.24. The number of carboxylic acid groups (broad SMARTS) is 1. The highest BCUT2D eigenvalue weighted by molar-refractivity contribution is 8.26. The van der Waals surface area contributed by atoms with E-state index in [1.54, 1.807) is 6.08 Å². The molecule has 1 amide bonds. The molecule has 1 N–H and O–H groups in total. The van der Waals surface area contributed by atoms with Gasteiger partial charge in [0.05, 0.1) is 11.3 Å². The Bertz CT molecular complexity index is 672. The molecule has 0 aliphatic carbocycles. The molecule has 1 aliphatic heterocycles. The predicted molar refractivity (Wildman–Crippen MR) is 97.3 cm³/mol. The number of benzene rings is 1. The zero-order valence-corrected chi connectivity index (χ0v) is 15.0. The summed E-state index contributed by atoms with van der Waals surface area (Å²) >= 11 is 6.38. The lowest BCUT2D eigenvalue weighted by atomic mass is 9.87. The van der Waals surface area contributed by atoms with Crippen LogP contribution in [0.3, 0.4) is 0 Å². The summed E-state index contributed by atoms with van der Waals surface area (Å²) in [6.45, 7) is 6.56. The normalized spacial score (nSPS) is 17.2. The van der Waals surface area contributed by atoms with Crippen molar-refractivity contribution in [2.45, 2.75) is 32.6 Å². The van der Waals surface area contributed by atoms with Crippen LogP contribution in [0, 0.1) is 0 Å². The average molecular weight is 349 g/mol. The van der Waals surface area contributed by atoms with Crippen molar-refractivity contribution in [1.82, 2.24) is 4.90 Å². The largest absolute Gasteiger partial charge is 0.481 e. The van der Waals surface area contributed by atoms with Crippen LogP contribution < -0.4 is 0 Å². The number of nitrogens with zero attached hydrogens (tertiary/aromatic N) is 1. The van der Waals surface area contributed by atoms with Gasteiger partial charge in [0.2, 0.25) is 0 Å². The minimum Gasteiger partial charge on any atom is -0.481 e. The van der Waals surface area contributed by atoms with Gasteiger partial charge in [-0.3, -0.25) is 14.5 Å². The Morgan fingerprint density at radius 1 is 1.30 bits per heavy atom. The quantitative estimate of drug-likeness (QED) is 0.664. The zero-order valence-electron chi connectivity index (χ0n) is 13.3. The van der Waals surface area contributed by atoms with Crippen molar-refractivity contribution in [2.24, 2.45) is 0 Å². The second kappa shape index (κ2) is 6.84. The Labute approximate surface area is 145 Å². The van der Waals surface area contributed by atoms with Crippen LogP contribution >= 0.6 is 24.0 Å². The molecule has 1 fully saturated rings. The summed E-state index contributed by atoms with van der Waals surface area (Å²) in [5.74, 6) is -1.16. The van der Waals surface area contributed by atoms with Gasteiger partial charge in [0.25, 0.3) is 5.91 Å². The standard InChI is InChI=1S/C17H19NO3S2/c1-17(2,3)12-6-4-11(5-7-12)10-13-15(21)18(16(22)23-13)9-8-14(19)20/h4-7,10H,8-9H2,1-3H3,(H,19,20). The van der Waals surface area contributed by atoms with E-state index >= 15 is 0 Å². The minimum absolute atomic E-state index is 0.0821. The lowest BCUT2D eigenvalue weighted by Gasteiger charge is -2.18. The van der Waals surface area contributed by atoms with Crippen LogP contribution in [-0.2, 0) is 15.0 Å². The zero-order chi connectivity index (χ0) is 17.2. The Hall–Kier alpha value is -1.66. The first-order valence-corrected chi connectivity index (χ1v) is 8.48. The first-order valence-electron chi connectivity index (χ1n) is 7.26. The van der Waals surface area contributed by atoms with Crippen molar-refractivity contribution < 1.29 is 14.7 Å². The molecule has 2 rings (SSSR count). The van der Waals surface area contributed by atoms with E-state index in [1.165, 1.54) is 22.2 Å². The first kappa shape index (κ1) is 17.7. The molecule has 4 nitrogen and oxygen atoms in total. The SMILES string of the molecule is CC(C)(C)c1ccc(C=C2SC(=S)N(CCC(=O)O)C2=O)cc1. The number of carbonyl (C=O) groups is 2. The second-order valence-electron chi connectivity index (χ2n) is 6.35. The molecule has 0 unspecified atom stereocenters. The molecule has 6 heteroatoms. The third kappa shape index (κ3) is 4.42.